The Bertz CT molecular complexity index is 836. The maximum Gasteiger partial charge on any atom is 0.142 e. The van der Waals surface area contributed by atoms with Gasteiger partial charge < -0.3 is 15.6 Å². The summed E-state index contributed by atoms with van der Waals surface area (Å²) in [6.45, 7) is 13.7. The summed E-state index contributed by atoms with van der Waals surface area (Å²) in [6, 6.07) is 1.45. The van der Waals surface area contributed by atoms with E-state index >= 15 is 0 Å². The van der Waals surface area contributed by atoms with Crippen molar-refractivity contribution >= 4 is 16.7 Å². The van der Waals surface area contributed by atoms with Gasteiger partial charge in [-0.25, -0.2) is 9.37 Å². The largest absolute Gasteiger partial charge is 0.386 e. The van der Waals surface area contributed by atoms with Crippen molar-refractivity contribution in [1.82, 2.24) is 15.3 Å². The normalized spacial score (nSPS) is 28.2. The molecule has 0 aliphatic heterocycles. The minimum absolute atomic E-state index is 0.321. The van der Waals surface area contributed by atoms with Gasteiger partial charge >= 0.3 is 0 Å². The topological polar surface area (TPSA) is 52.7 Å². The Morgan fingerprint density at radius 1 is 1.31 bits per heavy atom. The molecule has 2 aromatic heterocycles. The molecule has 5 heteroatoms. The number of aromatic nitrogens is 2. The van der Waals surface area contributed by atoms with E-state index < -0.39 is 0 Å². The molecule has 4 nitrogen and oxygen atoms in total. The summed E-state index contributed by atoms with van der Waals surface area (Å²) in [5.74, 6) is 2.46. The Labute approximate surface area is 174 Å². The number of pyridine rings is 1. The zero-order valence-corrected chi connectivity index (χ0v) is 18.0. The van der Waals surface area contributed by atoms with E-state index in [4.69, 9.17) is 0 Å². The first-order chi connectivity index (χ1) is 13.8. The molecule has 2 aromatic rings. The highest BCUT2D eigenvalue weighted by atomic mass is 19.1. The van der Waals surface area contributed by atoms with Crippen molar-refractivity contribution < 1.29 is 4.39 Å². The number of nitrogens with one attached hydrogen (secondary N) is 3. The number of fused-ring (bicyclic) bond motifs is 3. The quantitative estimate of drug-likeness (QED) is 0.552. The Morgan fingerprint density at radius 3 is 2.62 bits per heavy atom. The summed E-state index contributed by atoms with van der Waals surface area (Å²) < 4.78 is 12.7. The molecule has 2 aliphatic carbocycles. The van der Waals surface area contributed by atoms with Crippen LogP contribution in [0, 0.1) is 29.0 Å². The van der Waals surface area contributed by atoms with Gasteiger partial charge in [0, 0.05) is 30.9 Å². The van der Waals surface area contributed by atoms with E-state index in [1.54, 1.807) is 13.2 Å². The molecule has 0 amide bonds. The molecule has 29 heavy (non-hydrogen) atoms. The average molecular weight is 399 g/mol. The molecule has 158 valence electrons. The van der Waals surface area contributed by atoms with Crippen molar-refractivity contribution in [2.75, 3.05) is 18.9 Å². The number of rotatable bonds is 5. The minimum Gasteiger partial charge on any atom is -0.386 e. The Morgan fingerprint density at radius 2 is 2.00 bits per heavy atom. The number of H-pyrrole nitrogens is 1. The van der Waals surface area contributed by atoms with E-state index in [1.807, 2.05) is 6.08 Å². The second-order valence-electron chi connectivity index (χ2n) is 9.25. The Balaban J connectivity index is 0.000000176. The number of anilines is 1. The molecule has 4 rings (SSSR count). The third kappa shape index (κ3) is 5.20. The lowest BCUT2D eigenvalue weighted by Crippen LogP contribution is -2.45. The fourth-order valence-corrected chi connectivity index (χ4v) is 5.68. The van der Waals surface area contributed by atoms with Crippen LogP contribution in [0.2, 0.25) is 0 Å². The van der Waals surface area contributed by atoms with Crippen molar-refractivity contribution in [3.05, 3.63) is 49.2 Å². The first kappa shape index (κ1) is 21.4. The number of halogens is 1. The van der Waals surface area contributed by atoms with Crippen LogP contribution in [-0.2, 0) is 0 Å². The molecule has 0 spiro atoms. The maximum absolute atomic E-state index is 12.7. The van der Waals surface area contributed by atoms with Crippen LogP contribution >= 0.6 is 0 Å². The van der Waals surface area contributed by atoms with Crippen LogP contribution in [0.3, 0.4) is 0 Å². The fraction of sp³-hybridized carbons (Fsp3) is 0.542. The van der Waals surface area contributed by atoms with E-state index in [0.29, 0.717) is 11.1 Å². The monoisotopic (exact) mass is 398 g/mol. The lowest BCUT2D eigenvalue weighted by atomic mass is 9.57. The lowest BCUT2D eigenvalue weighted by molar-refractivity contribution is 0.0205. The van der Waals surface area contributed by atoms with Crippen molar-refractivity contribution in [2.45, 2.75) is 46.0 Å². The van der Waals surface area contributed by atoms with Gasteiger partial charge in [-0.05, 0) is 67.4 Å². The molecule has 2 bridgehead atoms. The third-order valence-corrected chi connectivity index (χ3v) is 6.46. The summed E-state index contributed by atoms with van der Waals surface area (Å²) in [5.41, 5.74) is 3.07. The second-order valence-corrected chi connectivity index (χ2v) is 9.25. The SMILES string of the molecule is C=CC(=C)NCC12CC(C)CC(CC(C)C1)C2.CNc1c[nH]c2ncc(F)cc12. The molecule has 2 aliphatic rings. The Hall–Kier alpha value is -2.30. The second kappa shape index (κ2) is 9.02. The van der Waals surface area contributed by atoms with Gasteiger partial charge in [0.1, 0.15) is 11.5 Å². The van der Waals surface area contributed by atoms with Crippen LogP contribution < -0.4 is 10.6 Å². The zero-order valence-electron chi connectivity index (χ0n) is 18.0. The number of allylic oxidation sites excluding steroid dienone is 1. The standard InChI is InChI=1S/C16H27N.C8H8FN3/c1-5-14(4)17-11-16-8-12(2)6-15(10-16)7-13(3)9-16;1-10-7-4-12-8-6(7)2-5(9)3-11-8/h5,12-13,15,17H,1,4,6-11H2,2-3H3;2-4,10H,1H3,(H,11,12). The highest BCUT2D eigenvalue weighted by Gasteiger charge is 2.43. The molecular weight excluding hydrogens is 363 g/mol. The highest BCUT2D eigenvalue weighted by molar-refractivity contribution is 5.89. The lowest BCUT2D eigenvalue weighted by Gasteiger charge is -2.50. The van der Waals surface area contributed by atoms with Crippen LogP contribution in [-0.4, -0.2) is 23.6 Å². The molecule has 0 aromatic carbocycles. The average Bonchev–Trinajstić information content (AvgIpc) is 3.07. The van der Waals surface area contributed by atoms with Gasteiger partial charge in [0.05, 0.1) is 11.9 Å². The first-order valence-corrected chi connectivity index (χ1v) is 10.7. The first-order valence-electron chi connectivity index (χ1n) is 10.7. The van der Waals surface area contributed by atoms with Crippen LogP contribution in [0.5, 0.6) is 0 Å². The summed E-state index contributed by atoms with van der Waals surface area (Å²) in [4.78, 5) is 6.80. The van der Waals surface area contributed by atoms with Crippen LogP contribution in [0.4, 0.5) is 10.1 Å². The molecule has 2 heterocycles. The molecule has 2 saturated carbocycles. The fourth-order valence-electron chi connectivity index (χ4n) is 5.68. The van der Waals surface area contributed by atoms with Gasteiger partial charge in [-0.15, -0.1) is 0 Å². The summed E-state index contributed by atoms with van der Waals surface area (Å²) in [7, 11) is 1.79. The van der Waals surface area contributed by atoms with Crippen molar-refractivity contribution in [3.8, 4) is 0 Å². The minimum atomic E-state index is -0.321. The van der Waals surface area contributed by atoms with E-state index in [2.05, 4.69) is 47.6 Å². The number of nitrogens with zero attached hydrogens (tertiary/aromatic N) is 1. The van der Waals surface area contributed by atoms with Gasteiger partial charge in [0.25, 0.3) is 0 Å². The van der Waals surface area contributed by atoms with Gasteiger partial charge in [0.2, 0.25) is 0 Å². The summed E-state index contributed by atoms with van der Waals surface area (Å²) >= 11 is 0. The number of hydrogen-bond acceptors (Lipinski definition) is 3. The predicted molar refractivity (Wildman–Crippen MR) is 120 cm³/mol. The van der Waals surface area contributed by atoms with Crippen molar-refractivity contribution in [1.29, 1.82) is 0 Å². The molecular formula is C24H35FN4. The summed E-state index contributed by atoms with van der Waals surface area (Å²) in [6.07, 6.45) is 11.9. The van der Waals surface area contributed by atoms with E-state index in [0.717, 1.165) is 41.1 Å². The summed E-state index contributed by atoms with van der Waals surface area (Å²) in [5, 5.41) is 7.19. The molecule has 2 fully saturated rings. The van der Waals surface area contributed by atoms with Crippen molar-refractivity contribution in [3.63, 3.8) is 0 Å². The molecule has 2 atom stereocenters. The third-order valence-electron chi connectivity index (χ3n) is 6.46. The van der Waals surface area contributed by atoms with Crippen LogP contribution in [0.25, 0.3) is 11.0 Å². The van der Waals surface area contributed by atoms with Gasteiger partial charge in [-0.3, -0.25) is 0 Å². The van der Waals surface area contributed by atoms with Crippen LogP contribution in [0.1, 0.15) is 46.0 Å². The van der Waals surface area contributed by atoms with E-state index in [1.165, 1.54) is 44.4 Å². The van der Waals surface area contributed by atoms with E-state index in [-0.39, 0.29) is 5.82 Å². The highest BCUT2D eigenvalue weighted by Crippen LogP contribution is 2.52. The van der Waals surface area contributed by atoms with Gasteiger partial charge in [-0.2, -0.15) is 0 Å². The molecule has 0 radical (unpaired) electrons. The molecule has 0 saturated heterocycles. The van der Waals surface area contributed by atoms with Crippen LogP contribution in [0.15, 0.2) is 43.4 Å². The maximum atomic E-state index is 12.7. The molecule has 3 N–H and O–H groups in total. The van der Waals surface area contributed by atoms with E-state index in [9.17, 15) is 4.39 Å². The number of aromatic amines is 1. The van der Waals surface area contributed by atoms with Gasteiger partial charge in [0.15, 0.2) is 0 Å². The van der Waals surface area contributed by atoms with Gasteiger partial charge in [-0.1, -0.05) is 27.0 Å². The zero-order chi connectivity index (χ0) is 21.0. The smallest absolute Gasteiger partial charge is 0.142 e. The Kier molecular flexibility index (Phi) is 6.66. The number of hydrogen-bond donors (Lipinski definition) is 3. The van der Waals surface area contributed by atoms with Crippen molar-refractivity contribution in [2.24, 2.45) is 23.2 Å². The molecule has 2 unspecified atom stereocenters. The predicted octanol–water partition coefficient (Wildman–Crippen LogP) is 5.87.